The second-order valence-electron chi connectivity index (χ2n) is 4.81. The van der Waals surface area contributed by atoms with Gasteiger partial charge in [-0.15, -0.1) is 0 Å². The molecule has 0 unspecified atom stereocenters. The van der Waals surface area contributed by atoms with Gasteiger partial charge in [0.1, 0.15) is 0 Å². The SMILES string of the molecule is Brc1ccc(Br)c(CNCCCN2CCCC2)c1. The number of nitrogens with one attached hydrogen (secondary N) is 1. The lowest BCUT2D eigenvalue weighted by atomic mass is 10.2. The van der Waals surface area contributed by atoms with E-state index in [1.54, 1.807) is 0 Å². The number of benzene rings is 1. The maximum Gasteiger partial charge on any atom is 0.0221 e. The first-order chi connectivity index (χ1) is 8.75. The molecule has 1 aromatic rings. The van der Waals surface area contributed by atoms with Crippen molar-refractivity contribution in [1.82, 2.24) is 10.2 Å². The molecule has 1 aromatic carbocycles. The molecular formula is C14H20Br2N2. The van der Waals surface area contributed by atoms with Crippen LogP contribution >= 0.6 is 31.9 Å². The first-order valence-electron chi connectivity index (χ1n) is 6.63. The van der Waals surface area contributed by atoms with Crippen molar-refractivity contribution in [2.75, 3.05) is 26.2 Å². The fourth-order valence-corrected chi connectivity index (χ4v) is 3.13. The summed E-state index contributed by atoms with van der Waals surface area (Å²) in [5.41, 5.74) is 1.31. The summed E-state index contributed by atoms with van der Waals surface area (Å²) in [7, 11) is 0. The zero-order valence-electron chi connectivity index (χ0n) is 10.6. The zero-order valence-corrected chi connectivity index (χ0v) is 13.8. The summed E-state index contributed by atoms with van der Waals surface area (Å²) in [4.78, 5) is 2.57. The predicted molar refractivity (Wildman–Crippen MR) is 83.8 cm³/mol. The molecule has 1 saturated heterocycles. The fourth-order valence-electron chi connectivity index (χ4n) is 2.34. The summed E-state index contributed by atoms with van der Waals surface area (Å²) in [6.07, 6.45) is 4.02. The molecule has 0 spiro atoms. The normalized spacial score (nSPS) is 16.3. The van der Waals surface area contributed by atoms with Crippen LogP contribution < -0.4 is 5.32 Å². The van der Waals surface area contributed by atoms with Gasteiger partial charge in [-0.25, -0.2) is 0 Å². The van der Waals surface area contributed by atoms with E-state index < -0.39 is 0 Å². The fraction of sp³-hybridized carbons (Fsp3) is 0.571. The zero-order chi connectivity index (χ0) is 12.8. The smallest absolute Gasteiger partial charge is 0.0221 e. The van der Waals surface area contributed by atoms with Crippen molar-refractivity contribution in [1.29, 1.82) is 0 Å². The minimum atomic E-state index is 0.931. The molecule has 1 heterocycles. The number of hydrogen-bond donors (Lipinski definition) is 1. The summed E-state index contributed by atoms with van der Waals surface area (Å²) < 4.78 is 2.32. The van der Waals surface area contributed by atoms with Crippen molar-refractivity contribution in [2.24, 2.45) is 0 Å². The van der Waals surface area contributed by atoms with Crippen molar-refractivity contribution in [3.8, 4) is 0 Å². The number of likely N-dealkylation sites (tertiary alicyclic amines) is 1. The van der Waals surface area contributed by atoms with E-state index in [9.17, 15) is 0 Å². The van der Waals surface area contributed by atoms with E-state index in [2.05, 4.69) is 60.3 Å². The van der Waals surface area contributed by atoms with Crippen LogP contribution in [-0.4, -0.2) is 31.1 Å². The molecule has 0 atom stereocenters. The highest BCUT2D eigenvalue weighted by atomic mass is 79.9. The van der Waals surface area contributed by atoms with Crippen LogP contribution in [0.5, 0.6) is 0 Å². The Hall–Kier alpha value is 0.1000. The minimum absolute atomic E-state index is 0.931. The molecule has 1 aliphatic heterocycles. The highest BCUT2D eigenvalue weighted by Gasteiger charge is 2.09. The van der Waals surface area contributed by atoms with E-state index in [-0.39, 0.29) is 0 Å². The molecule has 0 aromatic heterocycles. The monoisotopic (exact) mass is 374 g/mol. The Morgan fingerprint density at radius 1 is 1.17 bits per heavy atom. The van der Waals surface area contributed by atoms with Gasteiger partial charge in [0.15, 0.2) is 0 Å². The second kappa shape index (κ2) is 7.63. The van der Waals surface area contributed by atoms with Crippen molar-refractivity contribution in [3.63, 3.8) is 0 Å². The highest BCUT2D eigenvalue weighted by Crippen LogP contribution is 2.21. The van der Waals surface area contributed by atoms with Gasteiger partial charge < -0.3 is 10.2 Å². The molecule has 0 amide bonds. The number of halogens is 2. The third-order valence-corrected chi connectivity index (χ3v) is 4.62. The van der Waals surface area contributed by atoms with Gasteiger partial charge >= 0.3 is 0 Å². The Balaban J connectivity index is 1.64. The average molecular weight is 376 g/mol. The van der Waals surface area contributed by atoms with Crippen LogP contribution in [0.3, 0.4) is 0 Å². The summed E-state index contributed by atoms with van der Waals surface area (Å²) in [6.45, 7) is 5.87. The van der Waals surface area contributed by atoms with Gasteiger partial charge in [-0.1, -0.05) is 31.9 Å². The Kier molecular flexibility index (Phi) is 6.15. The molecule has 4 heteroatoms. The molecule has 2 rings (SSSR count). The summed E-state index contributed by atoms with van der Waals surface area (Å²) in [5.74, 6) is 0. The van der Waals surface area contributed by atoms with Crippen LogP contribution in [-0.2, 0) is 6.54 Å². The van der Waals surface area contributed by atoms with Gasteiger partial charge in [-0.2, -0.15) is 0 Å². The van der Waals surface area contributed by atoms with E-state index in [1.165, 1.54) is 48.9 Å². The molecule has 0 bridgehead atoms. The number of hydrogen-bond acceptors (Lipinski definition) is 2. The average Bonchev–Trinajstić information content (AvgIpc) is 2.86. The number of nitrogens with zero attached hydrogens (tertiary/aromatic N) is 1. The van der Waals surface area contributed by atoms with Crippen LogP contribution in [0.25, 0.3) is 0 Å². The molecule has 0 radical (unpaired) electrons. The van der Waals surface area contributed by atoms with Gasteiger partial charge in [0.05, 0.1) is 0 Å². The molecular weight excluding hydrogens is 356 g/mol. The van der Waals surface area contributed by atoms with Crippen LogP contribution in [0.1, 0.15) is 24.8 Å². The van der Waals surface area contributed by atoms with Gasteiger partial charge in [-0.3, -0.25) is 0 Å². The molecule has 100 valence electrons. The molecule has 18 heavy (non-hydrogen) atoms. The highest BCUT2D eigenvalue weighted by molar-refractivity contribution is 9.11. The molecule has 1 aliphatic rings. The summed E-state index contributed by atoms with van der Waals surface area (Å²) in [6, 6.07) is 6.31. The van der Waals surface area contributed by atoms with Crippen molar-refractivity contribution < 1.29 is 0 Å². The quantitative estimate of drug-likeness (QED) is 0.761. The standard InChI is InChI=1S/C14H20Br2N2/c15-13-4-5-14(16)12(10-13)11-17-6-3-9-18-7-1-2-8-18/h4-5,10,17H,1-3,6-9,11H2. The van der Waals surface area contributed by atoms with E-state index in [0.29, 0.717) is 0 Å². The van der Waals surface area contributed by atoms with Crippen LogP contribution in [0.15, 0.2) is 27.1 Å². The van der Waals surface area contributed by atoms with Gasteiger partial charge in [0.2, 0.25) is 0 Å². The Labute approximate surface area is 126 Å². The molecule has 1 N–H and O–H groups in total. The van der Waals surface area contributed by atoms with Crippen LogP contribution in [0.2, 0.25) is 0 Å². The lowest BCUT2D eigenvalue weighted by Gasteiger charge is -2.14. The van der Waals surface area contributed by atoms with E-state index in [4.69, 9.17) is 0 Å². The Morgan fingerprint density at radius 3 is 2.72 bits per heavy atom. The molecule has 2 nitrogen and oxygen atoms in total. The maximum atomic E-state index is 3.58. The van der Waals surface area contributed by atoms with Crippen molar-refractivity contribution in [2.45, 2.75) is 25.8 Å². The van der Waals surface area contributed by atoms with Gasteiger partial charge in [0, 0.05) is 15.5 Å². The third-order valence-electron chi connectivity index (χ3n) is 3.35. The van der Waals surface area contributed by atoms with Crippen LogP contribution in [0, 0.1) is 0 Å². The first-order valence-corrected chi connectivity index (χ1v) is 8.21. The predicted octanol–water partition coefficient (Wildman–Crippen LogP) is 3.79. The molecule has 0 aliphatic carbocycles. The van der Waals surface area contributed by atoms with Gasteiger partial charge in [0.25, 0.3) is 0 Å². The minimum Gasteiger partial charge on any atom is -0.313 e. The van der Waals surface area contributed by atoms with Crippen molar-refractivity contribution >= 4 is 31.9 Å². The van der Waals surface area contributed by atoms with E-state index >= 15 is 0 Å². The Morgan fingerprint density at radius 2 is 1.94 bits per heavy atom. The lowest BCUT2D eigenvalue weighted by Crippen LogP contribution is -2.24. The van der Waals surface area contributed by atoms with Gasteiger partial charge in [-0.05, 0) is 69.2 Å². The Bertz CT molecular complexity index is 376. The summed E-state index contributed by atoms with van der Waals surface area (Å²) in [5, 5.41) is 3.52. The summed E-state index contributed by atoms with van der Waals surface area (Å²) >= 11 is 7.09. The second-order valence-corrected chi connectivity index (χ2v) is 6.58. The van der Waals surface area contributed by atoms with E-state index in [0.717, 1.165) is 17.6 Å². The molecule has 0 saturated carbocycles. The topological polar surface area (TPSA) is 15.3 Å². The largest absolute Gasteiger partial charge is 0.313 e. The molecule has 1 fully saturated rings. The third kappa shape index (κ3) is 4.65. The maximum absolute atomic E-state index is 3.58. The van der Waals surface area contributed by atoms with E-state index in [1.807, 2.05) is 0 Å². The lowest BCUT2D eigenvalue weighted by molar-refractivity contribution is 0.331. The number of rotatable bonds is 6. The first kappa shape index (κ1) is 14.5. The van der Waals surface area contributed by atoms with Crippen LogP contribution in [0.4, 0.5) is 0 Å². The van der Waals surface area contributed by atoms with Crippen molar-refractivity contribution in [3.05, 3.63) is 32.7 Å².